The summed E-state index contributed by atoms with van der Waals surface area (Å²) in [5.74, 6) is 0.778. The van der Waals surface area contributed by atoms with E-state index in [9.17, 15) is 13.2 Å². The lowest BCUT2D eigenvalue weighted by molar-refractivity contribution is -0.147. The van der Waals surface area contributed by atoms with Gasteiger partial charge >= 0.3 is 6.18 Å². The Bertz CT molecular complexity index is 523. The molecular formula is C14H18F3N3. The van der Waals surface area contributed by atoms with Crippen LogP contribution >= 0.6 is 0 Å². The molecule has 20 heavy (non-hydrogen) atoms. The van der Waals surface area contributed by atoms with Gasteiger partial charge in [-0.2, -0.15) is 13.2 Å². The molecule has 2 heterocycles. The molecular weight excluding hydrogens is 267 g/mol. The molecule has 2 saturated carbocycles. The van der Waals surface area contributed by atoms with Crippen LogP contribution in [0.25, 0.3) is 0 Å². The van der Waals surface area contributed by atoms with Gasteiger partial charge in [0.25, 0.3) is 0 Å². The molecule has 0 spiro atoms. The van der Waals surface area contributed by atoms with Crippen LogP contribution in [0, 0.1) is 11.8 Å². The first-order valence-electron chi connectivity index (χ1n) is 7.44. The fourth-order valence-corrected chi connectivity index (χ4v) is 4.21. The highest BCUT2D eigenvalue weighted by atomic mass is 19.4. The summed E-state index contributed by atoms with van der Waals surface area (Å²) in [4.78, 5) is 4.05. The van der Waals surface area contributed by atoms with E-state index in [1.54, 1.807) is 0 Å². The maximum absolute atomic E-state index is 13.1. The van der Waals surface area contributed by atoms with E-state index in [0.29, 0.717) is 31.5 Å². The quantitative estimate of drug-likeness (QED) is 0.860. The largest absolute Gasteiger partial charge is 0.449 e. The number of alkyl halides is 3. The predicted molar refractivity (Wildman–Crippen MR) is 67.1 cm³/mol. The van der Waals surface area contributed by atoms with E-state index in [1.165, 1.54) is 17.4 Å². The molecule has 1 N–H and O–H groups in total. The summed E-state index contributed by atoms with van der Waals surface area (Å²) in [5.41, 5.74) is 1.52. The highest BCUT2D eigenvalue weighted by molar-refractivity contribution is 5.31. The smallest absolute Gasteiger partial charge is 0.322 e. The van der Waals surface area contributed by atoms with Gasteiger partial charge in [-0.3, -0.25) is 0 Å². The lowest BCUT2D eigenvalue weighted by Crippen LogP contribution is -2.30. The maximum Gasteiger partial charge on any atom is 0.449 e. The molecule has 0 bridgehead atoms. The molecule has 3 nitrogen and oxygen atoms in total. The van der Waals surface area contributed by atoms with E-state index in [2.05, 4.69) is 10.3 Å². The molecule has 3 aliphatic rings. The van der Waals surface area contributed by atoms with Gasteiger partial charge in [0, 0.05) is 25.6 Å². The minimum Gasteiger partial charge on any atom is -0.322 e. The van der Waals surface area contributed by atoms with Gasteiger partial charge in [-0.25, -0.2) is 4.98 Å². The Hall–Kier alpha value is -1.04. The lowest BCUT2D eigenvalue weighted by atomic mass is 10.0. The van der Waals surface area contributed by atoms with Crippen LogP contribution in [0.3, 0.4) is 0 Å². The van der Waals surface area contributed by atoms with Crippen molar-refractivity contribution in [2.75, 3.05) is 6.54 Å². The average molecular weight is 285 g/mol. The summed E-state index contributed by atoms with van der Waals surface area (Å²) in [6, 6.07) is 0. The van der Waals surface area contributed by atoms with Crippen LogP contribution in [-0.4, -0.2) is 16.1 Å². The molecule has 0 amide bonds. The summed E-state index contributed by atoms with van der Waals surface area (Å²) >= 11 is 0. The first kappa shape index (κ1) is 12.7. The van der Waals surface area contributed by atoms with E-state index in [-0.39, 0.29) is 5.92 Å². The molecule has 1 aromatic rings. The Morgan fingerprint density at radius 3 is 2.50 bits per heavy atom. The van der Waals surface area contributed by atoms with Crippen LogP contribution < -0.4 is 5.32 Å². The van der Waals surface area contributed by atoms with Crippen molar-refractivity contribution in [2.24, 2.45) is 11.8 Å². The van der Waals surface area contributed by atoms with Gasteiger partial charge in [-0.15, -0.1) is 0 Å². The third kappa shape index (κ3) is 1.80. The zero-order valence-corrected chi connectivity index (χ0v) is 11.2. The third-order valence-electron chi connectivity index (χ3n) is 5.13. The van der Waals surface area contributed by atoms with Gasteiger partial charge in [0.1, 0.15) is 0 Å². The Morgan fingerprint density at radius 1 is 1.15 bits per heavy atom. The fraction of sp³-hybridized carbons (Fsp3) is 0.786. The van der Waals surface area contributed by atoms with Gasteiger partial charge in [0.05, 0.1) is 11.4 Å². The SMILES string of the molecule is FC(F)(F)c1nc(C2[C@H]3CCCC[C@@H]23)c2n1CCNC2. The molecule has 1 unspecified atom stereocenters. The Labute approximate surface area is 115 Å². The van der Waals surface area contributed by atoms with Crippen LogP contribution in [0.15, 0.2) is 0 Å². The van der Waals surface area contributed by atoms with Crippen molar-refractivity contribution in [1.29, 1.82) is 0 Å². The van der Waals surface area contributed by atoms with Crippen LogP contribution in [0.5, 0.6) is 0 Å². The van der Waals surface area contributed by atoms with Crippen LogP contribution in [-0.2, 0) is 19.3 Å². The summed E-state index contributed by atoms with van der Waals surface area (Å²) in [6.07, 6.45) is 0.424. The van der Waals surface area contributed by atoms with Crippen molar-refractivity contribution < 1.29 is 13.2 Å². The zero-order chi connectivity index (χ0) is 13.9. The van der Waals surface area contributed by atoms with Crippen molar-refractivity contribution in [2.45, 2.75) is 50.9 Å². The maximum atomic E-state index is 13.1. The molecule has 2 aliphatic carbocycles. The van der Waals surface area contributed by atoms with E-state index in [0.717, 1.165) is 24.2 Å². The standard InChI is InChI=1S/C14H18F3N3/c15-14(16,17)13-19-12(10-7-18-5-6-20(10)13)11-8-3-1-2-4-9(8)11/h8-9,11,18H,1-7H2/t8-,9+,11?. The molecule has 0 saturated heterocycles. The van der Waals surface area contributed by atoms with E-state index < -0.39 is 12.0 Å². The number of fused-ring (bicyclic) bond motifs is 2. The molecule has 6 heteroatoms. The zero-order valence-electron chi connectivity index (χ0n) is 11.2. The molecule has 1 aliphatic heterocycles. The fourth-order valence-electron chi connectivity index (χ4n) is 4.21. The number of aromatic nitrogens is 2. The van der Waals surface area contributed by atoms with Gasteiger partial charge in [-0.1, -0.05) is 12.8 Å². The van der Waals surface area contributed by atoms with Gasteiger partial charge in [-0.05, 0) is 24.7 Å². The molecule has 3 atom stereocenters. The van der Waals surface area contributed by atoms with Crippen molar-refractivity contribution in [3.8, 4) is 0 Å². The van der Waals surface area contributed by atoms with Crippen LogP contribution in [0.2, 0.25) is 0 Å². The topological polar surface area (TPSA) is 29.9 Å². The second-order valence-electron chi connectivity index (χ2n) is 6.23. The third-order valence-corrected chi connectivity index (χ3v) is 5.13. The molecule has 0 aromatic carbocycles. The van der Waals surface area contributed by atoms with Crippen molar-refractivity contribution in [3.63, 3.8) is 0 Å². The number of hydrogen-bond acceptors (Lipinski definition) is 2. The molecule has 110 valence electrons. The van der Waals surface area contributed by atoms with E-state index in [4.69, 9.17) is 0 Å². The molecule has 0 radical (unpaired) electrons. The second kappa shape index (κ2) is 4.23. The molecule has 2 fully saturated rings. The Kier molecular flexibility index (Phi) is 2.68. The number of nitrogens with one attached hydrogen (secondary N) is 1. The summed E-state index contributed by atoms with van der Waals surface area (Å²) in [6.45, 7) is 1.48. The van der Waals surface area contributed by atoms with Crippen molar-refractivity contribution >= 4 is 0 Å². The number of nitrogens with zero attached hydrogens (tertiary/aromatic N) is 2. The highest BCUT2D eigenvalue weighted by Crippen LogP contribution is 2.61. The summed E-state index contributed by atoms with van der Waals surface area (Å²) in [7, 11) is 0. The monoisotopic (exact) mass is 285 g/mol. The minimum atomic E-state index is -4.34. The Balaban J connectivity index is 1.75. The number of imidazole rings is 1. The van der Waals surface area contributed by atoms with Crippen LogP contribution in [0.4, 0.5) is 13.2 Å². The van der Waals surface area contributed by atoms with Crippen molar-refractivity contribution in [3.05, 3.63) is 17.2 Å². The first-order chi connectivity index (χ1) is 9.57. The van der Waals surface area contributed by atoms with E-state index >= 15 is 0 Å². The van der Waals surface area contributed by atoms with Crippen LogP contribution in [0.1, 0.15) is 48.8 Å². The normalized spacial score (nSPS) is 32.6. The first-order valence-corrected chi connectivity index (χ1v) is 7.44. The van der Waals surface area contributed by atoms with Gasteiger partial charge in [0.15, 0.2) is 0 Å². The number of halogens is 3. The Morgan fingerprint density at radius 2 is 1.85 bits per heavy atom. The van der Waals surface area contributed by atoms with Gasteiger partial charge in [0.2, 0.25) is 5.82 Å². The summed E-state index contributed by atoms with van der Waals surface area (Å²) in [5, 5.41) is 3.18. The number of rotatable bonds is 1. The van der Waals surface area contributed by atoms with Gasteiger partial charge < -0.3 is 9.88 Å². The predicted octanol–water partition coefficient (Wildman–Crippen LogP) is 2.91. The highest BCUT2D eigenvalue weighted by Gasteiger charge is 2.54. The summed E-state index contributed by atoms with van der Waals surface area (Å²) < 4.78 is 40.8. The number of hydrogen-bond donors (Lipinski definition) is 1. The second-order valence-corrected chi connectivity index (χ2v) is 6.23. The average Bonchev–Trinajstić information content (AvgIpc) is 3.01. The van der Waals surface area contributed by atoms with E-state index in [1.807, 2.05) is 0 Å². The minimum absolute atomic E-state index is 0.287. The lowest BCUT2D eigenvalue weighted by Gasteiger charge is -2.19. The molecule has 1 aromatic heterocycles. The van der Waals surface area contributed by atoms with Crippen molar-refractivity contribution in [1.82, 2.24) is 14.9 Å². The molecule has 4 rings (SSSR count).